The Balaban J connectivity index is 1.96. The van der Waals surface area contributed by atoms with E-state index in [1.807, 2.05) is 27.0 Å². The van der Waals surface area contributed by atoms with Crippen LogP contribution in [0.3, 0.4) is 0 Å². The Kier molecular flexibility index (Phi) is 7.32. The van der Waals surface area contributed by atoms with Gasteiger partial charge in [-0.3, -0.25) is 0 Å². The topological polar surface area (TPSA) is 130 Å². The Morgan fingerprint density at radius 3 is 2.28 bits per heavy atom. The van der Waals surface area contributed by atoms with Crippen LogP contribution in [0.1, 0.15) is 26.3 Å². The molecule has 2 aromatic heterocycles. The number of nitrogens with two attached hydrogens (primary N) is 1. The largest absolute Gasteiger partial charge is 0.488 e. The van der Waals surface area contributed by atoms with Crippen LogP contribution < -0.4 is 14.6 Å². The van der Waals surface area contributed by atoms with Gasteiger partial charge in [-0.25, -0.2) is 33.5 Å². The van der Waals surface area contributed by atoms with Gasteiger partial charge in [0.05, 0.1) is 5.69 Å². The maximum absolute atomic E-state index is 12.3. The number of rotatable bonds is 8. The van der Waals surface area contributed by atoms with Gasteiger partial charge < -0.3 is 9.47 Å². The lowest BCUT2D eigenvalue weighted by Gasteiger charge is -2.26. The molecular weight excluding hydrogens is 450 g/mol. The van der Waals surface area contributed by atoms with E-state index in [1.54, 1.807) is 30.7 Å². The standard InChI is InChI=1S/C21H25N5O4S2/c1-21(2,3)15-5-6-17(32(22,27)28)19(18(15)16-7-8-23-13-26-16)29-9-10-30-20-24-11-14(31-4)12-25-20/h5-8,11-13H,9-10H2,1-4H3,(H2,22,27,28). The molecule has 2 heterocycles. The van der Waals surface area contributed by atoms with E-state index in [4.69, 9.17) is 14.6 Å². The molecule has 0 fully saturated rings. The molecule has 0 aliphatic heterocycles. The molecule has 0 aliphatic carbocycles. The fourth-order valence-electron chi connectivity index (χ4n) is 3.01. The van der Waals surface area contributed by atoms with Gasteiger partial charge in [-0.2, -0.15) is 0 Å². The van der Waals surface area contributed by atoms with Crippen LogP contribution in [0.5, 0.6) is 11.8 Å². The summed E-state index contributed by atoms with van der Waals surface area (Å²) in [7, 11) is -4.06. The van der Waals surface area contributed by atoms with Gasteiger partial charge in [0.25, 0.3) is 0 Å². The number of benzene rings is 1. The zero-order chi connectivity index (χ0) is 23.4. The Morgan fingerprint density at radius 1 is 1.03 bits per heavy atom. The molecule has 3 aromatic rings. The van der Waals surface area contributed by atoms with Gasteiger partial charge in [0.15, 0.2) is 0 Å². The van der Waals surface area contributed by atoms with Crippen molar-refractivity contribution in [1.82, 2.24) is 19.9 Å². The number of hydrogen-bond acceptors (Lipinski definition) is 9. The summed E-state index contributed by atoms with van der Waals surface area (Å²) in [4.78, 5) is 17.3. The fraction of sp³-hybridized carbons (Fsp3) is 0.333. The highest BCUT2D eigenvalue weighted by molar-refractivity contribution is 7.98. The second kappa shape index (κ2) is 9.80. The molecule has 0 saturated carbocycles. The SMILES string of the molecule is CSc1cnc(OCCOc2c(S(N)(=O)=O)ccc(C(C)(C)C)c2-c2ccncn2)nc1. The van der Waals surface area contributed by atoms with Crippen molar-refractivity contribution in [3.8, 4) is 23.0 Å². The van der Waals surface area contributed by atoms with Crippen molar-refractivity contribution in [3.05, 3.63) is 48.7 Å². The number of ether oxygens (including phenoxy) is 2. The first-order valence-corrected chi connectivity index (χ1v) is 12.5. The number of nitrogens with zero attached hydrogens (tertiary/aromatic N) is 4. The van der Waals surface area contributed by atoms with Crippen molar-refractivity contribution in [1.29, 1.82) is 0 Å². The molecule has 0 bridgehead atoms. The summed E-state index contributed by atoms with van der Waals surface area (Å²) in [6.07, 6.45) is 8.23. The lowest BCUT2D eigenvalue weighted by Crippen LogP contribution is -2.20. The van der Waals surface area contributed by atoms with E-state index in [0.717, 1.165) is 10.5 Å². The lowest BCUT2D eigenvalue weighted by atomic mass is 9.82. The van der Waals surface area contributed by atoms with E-state index in [1.165, 1.54) is 24.2 Å². The maximum atomic E-state index is 12.3. The van der Waals surface area contributed by atoms with Crippen LogP contribution in [-0.2, 0) is 15.4 Å². The van der Waals surface area contributed by atoms with Gasteiger partial charge in [-0.15, -0.1) is 11.8 Å². The predicted octanol–water partition coefficient (Wildman–Crippen LogP) is 3.06. The lowest BCUT2D eigenvalue weighted by molar-refractivity contribution is 0.203. The molecule has 0 aliphatic rings. The second-order valence-electron chi connectivity index (χ2n) is 7.81. The third-order valence-corrected chi connectivity index (χ3v) is 6.09. The molecule has 0 radical (unpaired) electrons. The first kappa shape index (κ1) is 23.9. The van der Waals surface area contributed by atoms with Gasteiger partial charge >= 0.3 is 6.01 Å². The molecule has 0 amide bonds. The first-order valence-electron chi connectivity index (χ1n) is 9.69. The van der Waals surface area contributed by atoms with Gasteiger partial charge in [0.2, 0.25) is 10.0 Å². The summed E-state index contributed by atoms with van der Waals surface area (Å²) in [6.45, 7) is 6.21. The van der Waals surface area contributed by atoms with Crippen molar-refractivity contribution in [2.75, 3.05) is 19.5 Å². The number of primary sulfonamides is 1. The summed E-state index contributed by atoms with van der Waals surface area (Å²) in [6, 6.07) is 5.10. The summed E-state index contributed by atoms with van der Waals surface area (Å²) < 4.78 is 36.1. The van der Waals surface area contributed by atoms with Crippen LogP contribution in [0.4, 0.5) is 0 Å². The van der Waals surface area contributed by atoms with E-state index >= 15 is 0 Å². The normalized spacial score (nSPS) is 11.9. The van der Waals surface area contributed by atoms with Crippen LogP contribution in [0.15, 0.2) is 52.9 Å². The van der Waals surface area contributed by atoms with Crippen molar-refractivity contribution >= 4 is 21.8 Å². The van der Waals surface area contributed by atoms with Gasteiger partial charge in [-0.1, -0.05) is 26.8 Å². The van der Waals surface area contributed by atoms with Gasteiger partial charge in [0.1, 0.15) is 30.2 Å². The predicted molar refractivity (Wildman–Crippen MR) is 122 cm³/mol. The third kappa shape index (κ3) is 5.72. The quantitative estimate of drug-likeness (QED) is 0.386. The molecular formula is C21H25N5O4S2. The zero-order valence-corrected chi connectivity index (χ0v) is 19.9. The van der Waals surface area contributed by atoms with Crippen molar-refractivity contribution in [2.24, 2.45) is 5.14 Å². The molecule has 2 N–H and O–H groups in total. The minimum Gasteiger partial charge on any atom is -0.488 e. The van der Waals surface area contributed by atoms with E-state index in [2.05, 4.69) is 19.9 Å². The first-order chi connectivity index (χ1) is 15.1. The summed E-state index contributed by atoms with van der Waals surface area (Å²) in [5, 5.41) is 5.49. The molecule has 0 saturated heterocycles. The summed E-state index contributed by atoms with van der Waals surface area (Å²) >= 11 is 1.53. The van der Waals surface area contributed by atoms with Gasteiger partial charge in [0, 0.05) is 29.0 Å². The summed E-state index contributed by atoms with van der Waals surface area (Å²) in [5.41, 5.74) is 1.61. The number of thioether (sulfide) groups is 1. The van der Waals surface area contributed by atoms with E-state index < -0.39 is 10.0 Å². The minimum absolute atomic E-state index is 0.0435. The van der Waals surface area contributed by atoms with Crippen LogP contribution in [0, 0.1) is 0 Å². The molecule has 11 heteroatoms. The Morgan fingerprint density at radius 2 is 1.72 bits per heavy atom. The number of sulfonamides is 1. The Labute approximate surface area is 191 Å². The molecule has 9 nitrogen and oxygen atoms in total. The molecule has 3 rings (SSSR count). The Bertz CT molecular complexity index is 1170. The van der Waals surface area contributed by atoms with Crippen LogP contribution in [0.25, 0.3) is 11.3 Å². The van der Waals surface area contributed by atoms with Crippen LogP contribution in [-0.4, -0.2) is 47.8 Å². The monoisotopic (exact) mass is 475 g/mol. The average molecular weight is 476 g/mol. The van der Waals surface area contributed by atoms with E-state index in [9.17, 15) is 8.42 Å². The average Bonchev–Trinajstić information content (AvgIpc) is 2.76. The smallest absolute Gasteiger partial charge is 0.316 e. The van der Waals surface area contributed by atoms with Crippen LogP contribution in [0.2, 0.25) is 0 Å². The van der Waals surface area contributed by atoms with Gasteiger partial charge in [-0.05, 0) is 29.4 Å². The molecule has 0 spiro atoms. The van der Waals surface area contributed by atoms with E-state index in [-0.39, 0.29) is 35.3 Å². The van der Waals surface area contributed by atoms with Crippen molar-refractivity contribution < 1.29 is 17.9 Å². The maximum Gasteiger partial charge on any atom is 0.316 e. The highest BCUT2D eigenvalue weighted by Gasteiger charge is 2.28. The third-order valence-electron chi connectivity index (χ3n) is 4.48. The molecule has 0 unspecified atom stereocenters. The van der Waals surface area contributed by atoms with Crippen LogP contribution >= 0.6 is 11.8 Å². The number of aromatic nitrogens is 4. The van der Waals surface area contributed by atoms with Crippen molar-refractivity contribution in [2.45, 2.75) is 36.0 Å². The molecule has 170 valence electrons. The Hall–Kier alpha value is -2.76. The highest BCUT2D eigenvalue weighted by Crippen LogP contribution is 2.42. The number of hydrogen-bond donors (Lipinski definition) is 1. The molecule has 0 atom stereocenters. The second-order valence-corrected chi connectivity index (χ2v) is 10.2. The molecule has 1 aromatic carbocycles. The zero-order valence-electron chi connectivity index (χ0n) is 18.3. The minimum atomic E-state index is -4.06. The summed E-state index contributed by atoms with van der Waals surface area (Å²) in [5.74, 6) is 0.126. The highest BCUT2D eigenvalue weighted by atomic mass is 32.2. The van der Waals surface area contributed by atoms with E-state index in [0.29, 0.717) is 11.3 Å². The van der Waals surface area contributed by atoms with Crippen molar-refractivity contribution in [3.63, 3.8) is 0 Å². The fourth-order valence-corrected chi connectivity index (χ4v) is 4.00. The molecule has 32 heavy (non-hydrogen) atoms.